The molecule has 0 N–H and O–H groups in total. The topological polar surface area (TPSA) is 60.5 Å². The minimum absolute atomic E-state index is 0.555. The number of benzene rings is 1. The van der Waals surface area contributed by atoms with E-state index in [1.54, 1.807) is 7.11 Å². The average molecular weight is 261 g/mol. The summed E-state index contributed by atoms with van der Waals surface area (Å²) in [5, 5.41) is 6.22. The van der Waals surface area contributed by atoms with Gasteiger partial charge in [-0.2, -0.15) is 9.98 Å². The van der Waals surface area contributed by atoms with Crippen LogP contribution in [0.25, 0.3) is 11.4 Å². The van der Waals surface area contributed by atoms with Gasteiger partial charge in [-0.1, -0.05) is 5.16 Å². The van der Waals surface area contributed by atoms with E-state index in [0.717, 1.165) is 11.3 Å². The van der Waals surface area contributed by atoms with E-state index in [4.69, 9.17) is 9.26 Å². The number of rotatable bonds is 5. The fourth-order valence-electron chi connectivity index (χ4n) is 1.40. The van der Waals surface area contributed by atoms with E-state index in [2.05, 4.69) is 32.5 Å². The molecule has 2 rings (SSSR count). The summed E-state index contributed by atoms with van der Waals surface area (Å²) in [6, 6.07) is 7.35. The van der Waals surface area contributed by atoms with Crippen LogP contribution in [0.1, 0.15) is 5.89 Å². The van der Waals surface area contributed by atoms with Gasteiger partial charge in [0.1, 0.15) is 0 Å². The molecule has 92 valence electrons. The number of hydrogen-bond acceptors (Lipinski definition) is 6. The Labute approximate surface area is 110 Å². The number of aliphatic imine (C=N–C) groups is 1. The van der Waals surface area contributed by atoms with Crippen molar-refractivity contribution >= 4 is 23.1 Å². The summed E-state index contributed by atoms with van der Waals surface area (Å²) in [5.74, 6) is 1.12. The van der Waals surface area contributed by atoms with Crippen LogP contribution in [0.2, 0.25) is 0 Å². The second kappa shape index (κ2) is 6.16. The molecule has 0 aliphatic carbocycles. The number of aromatic nitrogens is 2. The number of ether oxygens (including phenoxy) is 1. The molecule has 1 aromatic heterocycles. The van der Waals surface area contributed by atoms with E-state index in [0.29, 0.717) is 24.7 Å². The smallest absolute Gasteiger partial charge is 0.229 e. The Morgan fingerprint density at radius 1 is 1.39 bits per heavy atom. The van der Waals surface area contributed by atoms with Crippen molar-refractivity contribution in [3.8, 4) is 11.4 Å². The maximum atomic E-state index is 5.11. The fraction of sp³-hybridized carbons (Fsp3) is 0.250. The van der Waals surface area contributed by atoms with Crippen molar-refractivity contribution in [1.82, 2.24) is 10.1 Å². The van der Waals surface area contributed by atoms with E-state index in [9.17, 15) is 0 Å². The first-order chi connectivity index (χ1) is 8.83. The summed E-state index contributed by atoms with van der Waals surface area (Å²) in [4.78, 5) is 8.14. The summed E-state index contributed by atoms with van der Waals surface area (Å²) in [5.41, 5.74) is 1.61. The third kappa shape index (κ3) is 3.07. The van der Waals surface area contributed by atoms with E-state index in [-0.39, 0.29) is 0 Å². The molecule has 0 saturated heterocycles. The molecule has 0 bridgehead atoms. The number of isothiocyanates is 1. The van der Waals surface area contributed by atoms with Crippen LogP contribution in [0.3, 0.4) is 0 Å². The third-order valence-electron chi connectivity index (χ3n) is 2.29. The van der Waals surface area contributed by atoms with Crippen LogP contribution < -0.4 is 0 Å². The van der Waals surface area contributed by atoms with Crippen molar-refractivity contribution in [3.05, 3.63) is 30.2 Å². The zero-order chi connectivity index (χ0) is 12.8. The minimum atomic E-state index is 0.555. The molecule has 0 atom stereocenters. The van der Waals surface area contributed by atoms with Crippen molar-refractivity contribution < 1.29 is 9.26 Å². The summed E-state index contributed by atoms with van der Waals surface area (Å²) < 4.78 is 10.1. The van der Waals surface area contributed by atoms with Gasteiger partial charge in [0.05, 0.1) is 23.9 Å². The van der Waals surface area contributed by atoms with Gasteiger partial charge in [-0.3, -0.25) is 0 Å². The van der Waals surface area contributed by atoms with Gasteiger partial charge < -0.3 is 9.26 Å². The van der Waals surface area contributed by atoms with Crippen LogP contribution in [0.15, 0.2) is 33.8 Å². The zero-order valence-electron chi connectivity index (χ0n) is 9.79. The molecule has 0 radical (unpaired) electrons. The lowest BCUT2D eigenvalue weighted by Crippen LogP contribution is -1.94. The predicted molar refractivity (Wildman–Crippen MR) is 70.0 cm³/mol. The molecule has 6 heteroatoms. The Balaban J connectivity index is 2.15. The quantitative estimate of drug-likeness (QED) is 0.611. The molecule has 0 spiro atoms. The largest absolute Gasteiger partial charge is 0.384 e. The highest BCUT2D eigenvalue weighted by Crippen LogP contribution is 2.20. The Kier molecular flexibility index (Phi) is 4.30. The first-order valence-electron chi connectivity index (χ1n) is 5.33. The van der Waals surface area contributed by atoms with Crippen LogP contribution >= 0.6 is 12.2 Å². The van der Waals surface area contributed by atoms with E-state index in [1.807, 2.05) is 24.3 Å². The zero-order valence-corrected chi connectivity index (χ0v) is 10.6. The summed E-state index contributed by atoms with van der Waals surface area (Å²) in [7, 11) is 1.63. The molecular formula is C12H11N3O2S. The molecule has 0 unspecified atom stereocenters. The highest BCUT2D eigenvalue weighted by Gasteiger charge is 2.07. The molecule has 0 aliphatic rings. The van der Waals surface area contributed by atoms with Gasteiger partial charge in [0.25, 0.3) is 0 Å². The summed E-state index contributed by atoms with van der Waals surface area (Å²) in [6.45, 7) is 0.559. The van der Waals surface area contributed by atoms with Gasteiger partial charge >= 0.3 is 0 Å². The van der Waals surface area contributed by atoms with Gasteiger partial charge in [-0.25, -0.2) is 0 Å². The van der Waals surface area contributed by atoms with Gasteiger partial charge in [0.2, 0.25) is 11.7 Å². The van der Waals surface area contributed by atoms with Crippen molar-refractivity contribution in [2.24, 2.45) is 4.99 Å². The van der Waals surface area contributed by atoms with Crippen LogP contribution in [0, 0.1) is 0 Å². The number of thiocarbonyl (C=S) groups is 1. The SMILES string of the molecule is COCCc1nc(-c2ccc(N=C=S)cc2)no1. The van der Waals surface area contributed by atoms with Crippen molar-refractivity contribution in [2.75, 3.05) is 13.7 Å². The molecule has 0 amide bonds. The van der Waals surface area contributed by atoms with E-state index in [1.165, 1.54) is 0 Å². The monoisotopic (exact) mass is 261 g/mol. The number of methoxy groups -OCH3 is 1. The lowest BCUT2D eigenvalue weighted by Gasteiger charge is -1.94. The molecular weight excluding hydrogens is 250 g/mol. The standard InChI is InChI=1S/C12H11N3O2S/c1-16-7-6-11-14-12(15-17-11)9-2-4-10(5-3-9)13-8-18/h2-5H,6-7H2,1H3. The van der Waals surface area contributed by atoms with Gasteiger partial charge in [-0.05, 0) is 36.5 Å². The van der Waals surface area contributed by atoms with E-state index >= 15 is 0 Å². The van der Waals surface area contributed by atoms with Gasteiger partial charge in [-0.15, -0.1) is 0 Å². The maximum Gasteiger partial charge on any atom is 0.229 e. The van der Waals surface area contributed by atoms with Gasteiger partial charge in [0.15, 0.2) is 0 Å². The molecule has 1 heterocycles. The second-order valence-corrected chi connectivity index (χ2v) is 3.69. The summed E-state index contributed by atoms with van der Waals surface area (Å²) in [6.07, 6.45) is 0.608. The van der Waals surface area contributed by atoms with Crippen molar-refractivity contribution in [2.45, 2.75) is 6.42 Å². The van der Waals surface area contributed by atoms with E-state index < -0.39 is 0 Å². The molecule has 0 saturated carbocycles. The lowest BCUT2D eigenvalue weighted by molar-refractivity contribution is 0.192. The Morgan fingerprint density at radius 3 is 2.83 bits per heavy atom. The van der Waals surface area contributed by atoms with Gasteiger partial charge in [0, 0.05) is 12.7 Å². The second-order valence-electron chi connectivity index (χ2n) is 3.50. The first kappa shape index (κ1) is 12.6. The van der Waals surface area contributed by atoms with Crippen molar-refractivity contribution in [3.63, 3.8) is 0 Å². The van der Waals surface area contributed by atoms with Crippen LogP contribution in [0.5, 0.6) is 0 Å². The third-order valence-corrected chi connectivity index (χ3v) is 2.38. The Morgan fingerprint density at radius 2 is 2.17 bits per heavy atom. The highest BCUT2D eigenvalue weighted by molar-refractivity contribution is 7.78. The Hall–Kier alpha value is -1.88. The molecule has 5 nitrogen and oxygen atoms in total. The molecule has 1 aromatic carbocycles. The molecule has 18 heavy (non-hydrogen) atoms. The maximum absolute atomic E-state index is 5.11. The summed E-state index contributed by atoms with van der Waals surface area (Å²) >= 11 is 4.54. The highest BCUT2D eigenvalue weighted by atomic mass is 32.1. The number of hydrogen-bond donors (Lipinski definition) is 0. The molecule has 2 aromatic rings. The Bertz CT molecular complexity index is 559. The minimum Gasteiger partial charge on any atom is -0.384 e. The average Bonchev–Trinajstić information content (AvgIpc) is 2.86. The lowest BCUT2D eigenvalue weighted by atomic mass is 10.2. The van der Waals surface area contributed by atoms with Crippen molar-refractivity contribution in [1.29, 1.82) is 0 Å². The number of nitrogens with zero attached hydrogens (tertiary/aromatic N) is 3. The molecule has 0 aliphatic heterocycles. The normalized spacial score (nSPS) is 10.1. The van der Waals surface area contributed by atoms with Crippen LogP contribution in [0.4, 0.5) is 5.69 Å². The van der Waals surface area contributed by atoms with Crippen LogP contribution in [-0.4, -0.2) is 29.0 Å². The molecule has 0 fully saturated rings. The van der Waals surface area contributed by atoms with Crippen LogP contribution in [-0.2, 0) is 11.2 Å². The first-order valence-corrected chi connectivity index (χ1v) is 5.74. The predicted octanol–water partition coefficient (Wildman–Crippen LogP) is 2.66. The fourth-order valence-corrected chi connectivity index (χ4v) is 1.51.